The molecular formula is C11H15NO2. The molecule has 1 aromatic rings. The summed E-state index contributed by atoms with van der Waals surface area (Å²) >= 11 is 0. The lowest BCUT2D eigenvalue weighted by Crippen LogP contribution is -2.14. The summed E-state index contributed by atoms with van der Waals surface area (Å²) in [4.78, 5) is 0. The zero-order valence-electron chi connectivity index (χ0n) is 8.41. The second-order valence-electron chi connectivity index (χ2n) is 4.05. The zero-order chi connectivity index (χ0) is 10.3. The van der Waals surface area contributed by atoms with Gasteiger partial charge in [-0.05, 0) is 36.5 Å². The Labute approximate surface area is 83.3 Å². The molecule has 0 radical (unpaired) electrons. The second kappa shape index (κ2) is 3.26. The van der Waals surface area contributed by atoms with Crippen LogP contribution >= 0.6 is 0 Å². The van der Waals surface area contributed by atoms with Gasteiger partial charge in [0, 0.05) is 5.56 Å². The van der Waals surface area contributed by atoms with Crippen molar-refractivity contribution in [3.8, 4) is 5.75 Å². The number of hydrogen-bond acceptors (Lipinski definition) is 3. The number of phenolic OH excluding ortho intramolecular Hbond substituents is 1. The number of fused-ring (bicyclic) bond motifs is 1. The largest absolute Gasteiger partial charge is 0.508 e. The molecule has 1 aliphatic rings. The topological polar surface area (TPSA) is 52.5 Å². The maximum absolute atomic E-state index is 9.72. The molecule has 3 nitrogen and oxygen atoms in total. The van der Waals surface area contributed by atoms with Crippen molar-refractivity contribution in [2.75, 3.05) is 0 Å². The SMILES string of the molecule is Cc1ccc(O)c2c1C(C)CC2NO. The average Bonchev–Trinajstić information content (AvgIpc) is 2.50. The first-order valence-corrected chi connectivity index (χ1v) is 4.87. The van der Waals surface area contributed by atoms with E-state index < -0.39 is 0 Å². The quantitative estimate of drug-likeness (QED) is 0.599. The first-order chi connectivity index (χ1) is 6.65. The number of aryl methyl sites for hydroxylation is 1. The highest BCUT2D eigenvalue weighted by Gasteiger charge is 2.31. The average molecular weight is 193 g/mol. The molecule has 0 bridgehead atoms. The monoisotopic (exact) mass is 193 g/mol. The fraction of sp³-hybridized carbons (Fsp3) is 0.455. The number of hydroxylamine groups is 1. The van der Waals surface area contributed by atoms with Crippen LogP contribution in [0.5, 0.6) is 5.75 Å². The number of phenols is 1. The minimum Gasteiger partial charge on any atom is -0.508 e. The Hall–Kier alpha value is -1.06. The third-order valence-electron chi connectivity index (χ3n) is 3.07. The molecule has 0 fully saturated rings. The van der Waals surface area contributed by atoms with E-state index in [0.717, 1.165) is 12.0 Å². The van der Waals surface area contributed by atoms with E-state index >= 15 is 0 Å². The van der Waals surface area contributed by atoms with E-state index in [1.165, 1.54) is 11.1 Å². The van der Waals surface area contributed by atoms with Crippen molar-refractivity contribution in [2.24, 2.45) is 0 Å². The molecule has 0 saturated carbocycles. The smallest absolute Gasteiger partial charge is 0.120 e. The summed E-state index contributed by atoms with van der Waals surface area (Å²) in [6.07, 6.45) is 0.838. The van der Waals surface area contributed by atoms with Crippen LogP contribution in [0.15, 0.2) is 12.1 Å². The summed E-state index contributed by atoms with van der Waals surface area (Å²) in [5.41, 5.74) is 5.48. The van der Waals surface area contributed by atoms with Crippen LogP contribution in [0.4, 0.5) is 0 Å². The summed E-state index contributed by atoms with van der Waals surface area (Å²) in [6, 6.07) is 3.49. The van der Waals surface area contributed by atoms with Gasteiger partial charge >= 0.3 is 0 Å². The molecule has 2 atom stereocenters. The summed E-state index contributed by atoms with van der Waals surface area (Å²) < 4.78 is 0. The van der Waals surface area contributed by atoms with Gasteiger partial charge in [0.25, 0.3) is 0 Å². The fourth-order valence-corrected chi connectivity index (χ4v) is 2.46. The molecule has 2 unspecified atom stereocenters. The van der Waals surface area contributed by atoms with Crippen LogP contribution < -0.4 is 5.48 Å². The van der Waals surface area contributed by atoms with Gasteiger partial charge in [0.15, 0.2) is 0 Å². The predicted octanol–water partition coefficient (Wildman–Crippen LogP) is 2.23. The molecule has 3 N–H and O–H groups in total. The number of aromatic hydroxyl groups is 1. The Morgan fingerprint density at radius 3 is 2.71 bits per heavy atom. The Kier molecular flexibility index (Phi) is 2.21. The molecule has 0 heterocycles. The zero-order valence-corrected chi connectivity index (χ0v) is 8.41. The maximum atomic E-state index is 9.72. The van der Waals surface area contributed by atoms with E-state index in [1.807, 2.05) is 13.0 Å². The highest BCUT2D eigenvalue weighted by molar-refractivity contribution is 5.50. The van der Waals surface area contributed by atoms with Crippen molar-refractivity contribution in [3.63, 3.8) is 0 Å². The summed E-state index contributed by atoms with van der Waals surface area (Å²) in [6.45, 7) is 4.15. The van der Waals surface area contributed by atoms with Crippen molar-refractivity contribution < 1.29 is 10.3 Å². The van der Waals surface area contributed by atoms with Gasteiger partial charge in [-0.1, -0.05) is 13.0 Å². The van der Waals surface area contributed by atoms with Crippen molar-refractivity contribution >= 4 is 0 Å². The third-order valence-corrected chi connectivity index (χ3v) is 3.07. The van der Waals surface area contributed by atoms with Gasteiger partial charge in [-0.25, -0.2) is 0 Å². The van der Waals surface area contributed by atoms with Crippen molar-refractivity contribution in [1.82, 2.24) is 5.48 Å². The maximum Gasteiger partial charge on any atom is 0.120 e. The van der Waals surface area contributed by atoms with E-state index in [2.05, 4.69) is 12.4 Å². The number of benzene rings is 1. The van der Waals surface area contributed by atoms with E-state index in [9.17, 15) is 5.11 Å². The van der Waals surface area contributed by atoms with E-state index in [0.29, 0.717) is 5.92 Å². The molecule has 0 saturated heterocycles. The normalized spacial score (nSPS) is 25.1. The van der Waals surface area contributed by atoms with Crippen LogP contribution in [0.1, 0.15) is 42.0 Å². The van der Waals surface area contributed by atoms with Crippen molar-refractivity contribution in [1.29, 1.82) is 0 Å². The molecule has 0 amide bonds. The molecule has 0 spiro atoms. The molecule has 0 aliphatic heterocycles. The summed E-state index contributed by atoms with van der Waals surface area (Å²) in [5, 5.41) is 18.7. The standard InChI is InChI=1S/C11H15NO2/c1-6-3-4-9(13)11-8(12-14)5-7(2)10(6)11/h3-4,7-8,12-14H,5H2,1-2H3. The first kappa shape index (κ1) is 9.49. The van der Waals surface area contributed by atoms with Gasteiger partial charge in [-0.3, -0.25) is 0 Å². The first-order valence-electron chi connectivity index (χ1n) is 4.87. The third kappa shape index (κ3) is 1.21. The van der Waals surface area contributed by atoms with Gasteiger partial charge in [0.05, 0.1) is 6.04 Å². The van der Waals surface area contributed by atoms with E-state index in [-0.39, 0.29) is 11.8 Å². The van der Waals surface area contributed by atoms with Crippen molar-refractivity contribution in [2.45, 2.75) is 32.2 Å². The van der Waals surface area contributed by atoms with Crippen LogP contribution in [0.25, 0.3) is 0 Å². The van der Waals surface area contributed by atoms with Gasteiger partial charge in [0.2, 0.25) is 0 Å². The minimum absolute atomic E-state index is 0.125. The van der Waals surface area contributed by atoms with Crippen LogP contribution in [0.3, 0.4) is 0 Å². The van der Waals surface area contributed by atoms with Gasteiger partial charge in [-0.15, -0.1) is 0 Å². The Bertz CT molecular complexity index is 363. The van der Waals surface area contributed by atoms with Gasteiger partial charge in [-0.2, -0.15) is 5.48 Å². The highest BCUT2D eigenvalue weighted by Crippen LogP contribution is 2.45. The number of nitrogens with one attached hydrogen (secondary N) is 1. The van der Waals surface area contributed by atoms with Crippen LogP contribution in [0, 0.1) is 6.92 Å². The Balaban J connectivity index is 2.60. The Morgan fingerprint density at radius 1 is 1.36 bits per heavy atom. The molecule has 1 aliphatic carbocycles. The van der Waals surface area contributed by atoms with E-state index in [1.54, 1.807) is 6.07 Å². The molecular weight excluding hydrogens is 178 g/mol. The highest BCUT2D eigenvalue weighted by atomic mass is 16.5. The molecule has 3 heteroatoms. The second-order valence-corrected chi connectivity index (χ2v) is 4.05. The fourth-order valence-electron chi connectivity index (χ4n) is 2.46. The van der Waals surface area contributed by atoms with E-state index in [4.69, 9.17) is 5.21 Å². The number of rotatable bonds is 1. The van der Waals surface area contributed by atoms with Gasteiger partial charge < -0.3 is 10.3 Å². The lowest BCUT2D eigenvalue weighted by Gasteiger charge is -2.11. The van der Waals surface area contributed by atoms with Crippen LogP contribution in [-0.4, -0.2) is 10.3 Å². The summed E-state index contributed by atoms with van der Waals surface area (Å²) in [5.74, 6) is 0.670. The van der Waals surface area contributed by atoms with Gasteiger partial charge in [0.1, 0.15) is 5.75 Å². The minimum atomic E-state index is -0.125. The molecule has 76 valence electrons. The summed E-state index contributed by atoms with van der Waals surface area (Å²) in [7, 11) is 0. The lowest BCUT2D eigenvalue weighted by atomic mass is 9.97. The molecule has 14 heavy (non-hydrogen) atoms. The molecule has 1 aromatic carbocycles. The lowest BCUT2D eigenvalue weighted by molar-refractivity contribution is 0.123. The van der Waals surface area contributed by atoms with Crippen LogP contribution in [0.2, 0.25) is 0 Å². The Morgan fingerprint density at radius 2 is 2.07 bits per heavy atom. The number of hydrogen-bond donors (Lipinski definition) is 3. The van der Waals surface area contributed by atoms with Crippen molar-refractivity contribution in [3.05, 3.63) is 28.8 Å². The molecule has 2 rings (SSSR count). The molecule has 0 aromatic heterocycles. The van der Waals surface area contributed by atoms with Crippen LogP contribution in [-0.2, 0) is 0 Å². The predicted molar refractivity (Wildman–Crippen MR) is 53.5 cm³/mol.